The molecule has 0 fully saturated rings. The lowest BCUT2D eigenvalue weighted by Gasteiger charge is -1.27. The molecule has 6 heteroatoms. The van der Waals surface area contributed by atoms with Crippen molar-refractivity contribution in [1.82, 2.24) is 0 Å². The maximum absolute atomic E-state index is 7.26. The van der Waals surface area contributed by atoms with Crippen LogP contribution in [0.25, 0.3) is 0 Å². The van der Waals surface area contributed by atoms with E-state index in [1.807, 2.05) is 0 Å². The Kier molecular flexibility index (Phi) is 1780. The Balaban J connectivity index is -0.0000000105. The van der Waals surface area contributed by atoms with Crippen molar-refractivity contribution in [3.63, 3.8) is 0 Å². The zero-order valence-corrected chi connectivity index (χ0v) is 4.57. The minimum Gasteiger partial charge on any atom is -0.337 e. The van der Waals surface area contributed by atoms with Crippen molar-refractivity contribution in [2.24, 2.45) is 17.4 Å². The van der Waals surface area contributed by atoms with Gasteiger partial charge in [-0.05, 0) is 0 Å². The minimum atomic E-state index is 0. The number of nitrogens with zero attached hydrogens (tertiary/aromatic N) is 3. The summed E-state index contributed by atoms with van der Waals surface area (Å²) in [5, 5.41) is 21.6. The predicted octanol–water partition coefficient (Wildman–Crippen LogP) is 0.187. The van der Waals surface area contributed by atoms with Crippen molar-refractivity contribution < 1.29 is 0 Å². The second-order valence-electron chi connectivity index (χ2n) is 0.353. The third kappa shape index (κ3) is 645. The normalized spacial score (nSPS) is 1.92. The lowest BCUT2D eigenvalue weighted by atomic mass is 10.9. The van der Waals surface area contributed by atoms with Crippen molar-refractivity contribution in [3.8, 4) is 18.3 Å². The molecule has 0 radical (unpaired) electrons. The van der Waals surface area contributed by atoms with Crippen LogP contribution in [0.5, 0.6) is 0 Å². The number of hydrogen-bond donors (Lipinski definition) is 3. The fourth-order valence-corrected chi connectivity index (χ4v) is 0. The first-order chi connectivity index (χ1) is 4.33. The van der Waals surface area contributed by atoms with E-state index in [0.29, 0.717) is 0 Å². The highest BCUT2D eigenvalue weighted by atomic mass is 15.0. The smallest absolute Gasteiger partial charge is 0.181 e. The van der Waals surface area contributed by atoms with E-state index in [9.17, 15) is 0 Å². The van der Waals surface area contributed by atoms with E-state index in [-0.39, 0.29) is 22.3 Å². The summed E-state index contributed by atoms with van der Waals surface area (Å²) in [4.78, 5) is 0. The van der Waals surface area contributed by atoms with Crippen LogP contribution in [-0.2, 0) is 0 Å². The molecule has 0 bridgehead atoms. The number of nitriles is 3. The molecule has 0 heterocycles. The predicted molar refractivity (Wildman–Crippen MR) is 49.6 cm³/mol. The van der Waals surface area contributed by atoms with Crippen LogP contribution in [0, 0.1) is 34.1 Å². The third-order valence-corrected chi connectivity index (χ3v) is 0.0500. The number of hydrogen-bond acceptors (Lipinski definition) is 6. The minimum absolute atomic E-state index is 0. The van der Waals surface area contributed by atoms with Gasteiger partial charge in [-0.15, -0.1) is 0 Å². The summed E-state index contributed by atoms with van der Waals surface area (Å²) in [6.07, 6.45) is 1.25. The third-order valence-electron chi connectivity index (χ3n) is 0.0500. The van der Waals surface area contributed by atoms with Crippen molar-refractivity contribution in [1.29, 1.82) is 15.8 Å². The van der Waals surface area contributed by atoms with Gasteiger partial charge in [-0.3, -0.25) is 11.7 Å². The molecule has 0 aromatic rings. The van der Waals surface area contributed by atoms with Crippen LogP contribution in [0.15, 0.2) is 0 Å². The molecule has 0 unspecified atom stereocenters. The molecule has 0 aromatic carbocycles. The highest BCUT2D eigenvalue weighted by molar-refractivity contribution is 4.99. The summed E-state index contributed by atoms with van der Waals surface area (Å²) >= 11 is 0. The summed E-state index contributed by atoms with van der Waals surface area (Å²) in [6, 6.07) is 2.47. The molecule has 6 N–H and O–H groups in total. The van der Waals surface area contributed by atoms with E-state index in [0.717, 1.165) is 0 Å². The fourth-order valence-electron chi connectivity index (χ4n) is 0. The molecule has 0 aliphatic carbocycles. The first-order valence-electron chi connectivity index (χ1n) is 1.54. The van der Waals surface area contributed by atoms with Crippen LogP contribution in [0.2, 0.25) is 0 Å². The second kappa shape index (κ2) is 435. The first kappa shape index (κ1) is 49.0. The van der Waals surface area contributed by atoms with Gasteiger partial charge < -0.3 is 5.73 Å². The summed E-state index contributed by atoms with van der Waals surface area (Å²) in [5.74, 6) is 8.00. The maximum Gasteiger partial charge on any atom is 0.181 e. The van der Waals surface area contributed by atoms with Crippen molar-refractivity contribution in [3.05, 3.63) is 0 Å². The van der Waals surface area contributed by atoms with Gasteiger partial charge in [0.05, 0.1) is 0 Å². The van der Waals surface area contributed by atoms with Crippen molar-refractivity contribution in [2.45, 2.75) is 22.3 Å². The average Bonchev–Trinajstić information content (AvgIpc) is 1.94. The van der Waals surface area contributed by atoms with E-state index < -0.39 is 0 Å². The standard InChI is InChI=1S/C2N2.CH2N2.3CH4.H4N2/c3-1-2-4;2-1-3;;;;1-2/h;2H2;3*1H4;1-2H2. The van der Waals surface area contributed by atoms with Crippen LogP contribution in [-0.4, -0.2) is 0 Å². The van der Waals surface area contributed by atoms with Crippen LogP contribution in [0.3, 0.4) is 0 Å². The molecular weight excluding hydrogens is 156 g/mol. The first-order valence-corrected chi connectivity index (χ1v) is 1.54. The molecule has 0 spiro atoms. The van der Waals surface area contributed by atoms with Crippen LogP contribution < -0.4 is 17.4 Å². The molecular formula is C6H18N6. The van der Waals surface area contributed by atoms with Gasteiger partial charge in [-0.2, -0.15) is 15.8 Å². The second-order valence-corrected chi connectivity index (χ2v) is 0.353. The van der Waals surface area contributed by atoms with E-state index in [2.05, 4.69) is 17.4 Å². The van der Waals surface area contributed by atoms with Crippen molar-refractivity contribution >= 4 is 0 Å². The van der Waals surface area contributed by atoms with E-state index in [1.165, 1.54) is 18.3 Å². The molecule has 0 saturated heterocycles. The Morgan fingerprint density at radius 3 is 0.833 bits per heavy atom. The van der Waals surface area contributed by atoms with Gasteiger partial charge in [0, 0.05) is 0 Å². The molecule has 0 atom stereocenters. The zero-order chi connectivity index (χ0) is 8.12. The number of hydrazine groups is 1. The molecule has 12 heavy (non-hydrogen) atoms. The Morgan fingerprint density at radius 2 is 0.833 bits per heavy atom. The molecule has 72 valence electrons. The van der Waals surface area contributed by atoms with E-state index in [4.69, 9.17) is 15.8 Å². The quantitative estimate of drug-likeness (QED) is 0.206. The molecule has 6 nitrogen and oxygen atoms in total. The van der Waals surface area contributed by atoms with Crippen LogP contribution in [0.1, 0.15) is 22.3 Å². The van der Waals surface area contributed by atoms with Gasteiger partial charge in [0.2, 0.25) is 0 Å². The van der Waals surface area contributed by atoms with E-state index >= 15 is 0 Å². The summed E-state index contributed by atoms with van der Waals surface area (Å²) < 4.78 is 0. The SMILES string of the molecule is C.C.C.N#CC#N.N#CN.NN. The largest absolute Gasteiger partial charge is 0.337 e. The average molecular weight is 174 g/mol. The van der Waals surface area contributed by atoms with Gasteiger partial charge in [0.25, 0.3) is 0 Å². The number of nitrogens with two attached hydrogens (primary N) is 3. The molecule has 0 aliphatic rings. The Bertz CT molecular complexity index is 122. The fraction of sp³-hybridized carbons (Fsp3) is 0.500. The summed E-state index contributed by atoms with van der Waals surface area (Å²) in [6.45, 7) is 0. The van der Waals surface area contributed by atoms with Crippen LogP contribution >= 0.6 is 0 Å². The zero-order valence-electron chi connectivity index (χ0n) is 4.57. The van der Waals surface area contributed by atoms with Gasteiger partial charge in [0.15, 0.2) is 18.3 Å². The summed E-state index contributed by atoms with van der Waals surface area (Å²) in [5.41, 5.74) is 4.15. The highest BCUT2D eigenvalue weighted by Gasteiger charge is 1.39. The summed E-state index contributed by atoms with van der Waals surface area (Å²) in [7, 11) is 0. The monoisotopic (exact) mass is 174 g/mol. The van der Waals surface area contributed by atoms with Gasteiger partial charge in [0.1, 0.15) is 0 Å². The van der Waals surface area contributed by atoms with Gasteiger partial charge in [-0.25, -0.2) is 0 Å². The Labute approximate surface area is 74.8 Å². The Morgan fingerprint density at radius 1 is 0.750 bits per heavy atom. The maximum atomic E-state index is 7.26. The molecule has 0 aromatic heterocycles. The van der Waals surface area contributed by atoms with Crippen LogP contribution in [0.4, 0.5) is 0 Å². The molecule has 0 rings (SSSR count). The van der Waals surface area contributed by atoms with Crippen molar-refractivity contribution in [2.75, 3.05) is 0 Å². The number of rotatable bonds is 0. The highest BCUT2D eigenvalue weighted by Crippen LogP contribution is 1.27. The molecule has 0 aliphatic heterocycles. The molecule has 0 amide bonds. The Hall–Kier alpha value is -1.81. The van der Waals surface area contributed by atoms with E-state index in [1.54, 1.807) is 0 Å². The van der Waals surface area contributed by atoms with Gasteiger partial charge in [-0.1, -0.05) is 22.3 Å². The lowest BCUT2D eigenvalue weighted by Crippen LogP contribution is -2.02. The lowest BCUT2D eigenvalue weighted by molar-refractivity contribution is 1.26. The van der Waals surface area contributed by atoms with Gasteiger partial charge >= 0.3 is 0 Å². The topological polar surface area (TPSA) is 149 Å². The molecule has 0 saturated carbocycles.